The molecule has 0 N–H and O–H groups in total. The lowest BCUT2D eigenvalue weighted by Crippen LogP contribution is -2.47. The number of piperazine rings is 1. The Hall–Kier alpha value is -2.70. The highest BCUT2D eigenvalue weighted by molar-refractivity contribution is 7.18. The average Bonchev–Trinajstić information content (AvgIpc) is 3.38. The van der Waals surface area contributed by atoms with Crippen LogP contribution in [0, 0.1) is 0 Å². The number of carbonyl (C=O) groups is 1. The van der Waals surface area contributed by atoms with Gasteiger partial charge in [0.25, 0.3) is 0 Å². The number of aromatic nitrogens is 1. The quantitative estimate of drug-likeness (QED) is 0.623. The molecule has 1 amide bonds. The van der Waals surface area contributed by atoms with Crippen LogP contribution in [0.15, 0.2) is 48.5 Å². The number of nitrogens with zero attached hydrogens (tertiary/aromatic N) is 3. The van der Waals surface area contributed by atoms with Gasteiger partial charge in [-0.05, 0) is 41.5 Å². The maximum absolute atomic E-state index is 12.6. The van der Waals surface area contributed by atoms with Crippen LogP contribution in [-0.2, 0) is 17.8 Å². The Kier molecular flexibility index (Phi) is 5.04. The summed E-state index contributed by atoms with van der Waals surface area (Å²) >= 11 is 1.76. The zero-order valence-electron chi connectivity index (χ0n) is 16.2. The van der Waals surface area contributed by atoms with Crippen molar-refractivity contribution >= 4 is 33.5 Å². The number of thiazole rings is 1. The van der Waals surface area contributed by atoms with Gasteiger partial charge in [0, 0.05) is 38.7 Å². The summed E-state index contributed by atoms with van der Waals surface area (Å²) in [7, 11) is 0. The second-order valence-electron chi connectivity index (χ2n) is 7.48. The Balaban J connectivity index is 1.15. The first-order valence-corrected chi connectivity index (χ1v) is 10.9. The molecule has 1 saturated heterocycles. The van der Waals surface area contributed by atoms with Crippen LogP contribution in [0.2, 0.25) is 0 Å². The average molecular weight is 406 g/mol. The van der Waals surface area contributed by atoms with Crippen LogP contribution in [0.25, 0.3) is 16.3 Å². The molecule has 0 unspecified atom stereocenters. The highest BCUT2D eigenvalue weighted by Crippen LogP contribution is 2.26. The number of amides is 1. The maximum Gasteiger partial charge on any atom is 0.246 e. The molecule has 0 radical (unpaired) electrons. The maximum atomic E-state index is 12.6. The molecule has 2 aliphatic rings. The number of hydrogen-bond donors (Lipinski definition) is 0. The summed E-state index contributed by atoms with van der Waals surface area (Å²) in [6, 6.07) is 14.4. The lowest BCUT2D eigenvalue weighted by Gasteiger charge is -2.33. The second-order valence-corrected chi connectivity index (χ2v) is 8.59. The molecule has 0 aliphatic carbocycles. The molecule has 2 aliphatic heterocycles. The Bertz CT molecular complexity index is 1030. The number of benzene rings is 2. The second kappa shape index (κ2) is 7.97. The number of rotatable bonds is 4. The Morgan fingerprint density at radius 1 is 1.14 bits per heavy atom. The molecular formula is C23H23N3O2S. The number of para-hydroxylation sites is 1. The minimum Gasteiger partial charge on any atom is -0.493 e. The van der Waals surface area contributed by atoms with Crippen molar-refractivity contribution in [3.8, 4) is 5.75 Å². The van der Waals surface area contributed by atoms with Gasteiger partial charge in [-0.3, -0.25) is 9.69 Å². The van der Waals surface area contributed by atoms with E-state index in [0.29, 0.717) is 0 Å². The van der Waals surface area contributed by atoms with E-state index in [9.17, 15) is 4.79 Å². The topological polar surface area (TPSA) is 45.7 Å². The Morgan fingerprint density at radius 3 is 2.86 bits per heavy atom. The molecule has 0 spiro atoms. The zero-order valence-corrected chi connectivity index (χ0v) is 17.0. The summed E-state index contributed by atoms with van der Waals surface area (Å²) in [5.41, 5.74) is 3.35. The van der Waals surface area contributed by atoms with E-state index in [1.54, 1.807) is 17.4 Å². The number of hydrogen-bond acceptors (Lipinski definition) is 5. The molecule has 1 fully saturated rings. The van der Waals surface area contributed by atoms with Crippen molar-refractivity contribution in [3.63, 3.8) is 0 Å². The van der Waals surface area contributed by atoms with Crippen molar-refractivity contribution in [2.24, 2.45) is 0 Å². The standard InChI is InChI=1S/C23H23N3O2S/c27-23(8-6-17-5-7-20-18(15-17)9-14-28-20)26-12-10-25(11-13-26)16-22-24-19-3-1-2-4-21(19)29-22/h1-8,15H,9-14,16H2/b8-6+. The van der Waals surface area contributed by atoms with E-state index in [1.165, 1.54) is 10.3 Å². The number of carbonyl (C=O) groups excluding carboxylic acids is 1. The summed E-state index contributed by atoms with van der Waals surface area (Å²) in [6.45, 7) is 4.88. The van der Waals surface area contributed by atoms with Gasteiger partial charge in [0.1, 0.15) is 10.8 Å². The van der Waals surface area contributed by atoms with Crippen LogP contribution in [-0.4, -0.2) is 53.5 Å². The fourth-order valence-corrected chi connectivity index (χ4v) is 4.90. The fourth-order valence-electron chi connectivity index (χ4n) is 3.89. The molecule has 0 atom stereocenters. The SMILES string of the molecule is O=C(/C=C/c1ccc2c(c1)CCO2)N1CCN(Cc2nc3ccccc3s2)CC1. The Labute approximate surface area is 174 Å². The molecule has 5 nitrogen and oxygen atoms in total. The molecule has 1 aromatic heterocycles. The predicted molar refractivity (Wildman–Crippen MR) is 116 cm³/mol. The zero-order chi connectivity index (χ0) is 19.6. The molecular weight excluding hydrogens is 382 g/mol. The van der Waals surface area contributed by atoms with E-state index in [1.807, 2.05) is 29.2 Å². The van der Waals surface area contributed by atoms with E-state index in [0.717, 1.165) is 67.6 Å². The van der Waals surface area contributed by atoms with Crippen LogP contribution in [0.4, 0.5) is 0 Å². The van der Waals surface area contributed by atoms with E-state index in [4.69, 9.17) is 9.72 Å². The van der Waals surface area contributed by atoms with Crippen molar-refractivity contribution in [1.29, 1.82) is 0 Å². The van der Waals surface area contributed by atoms with Gasteiger partial charge >= 0.3 is 0 Å². The first-order chi connectivity index (χ1) is 14.2. The van der Waals surface area contributed by atoms with Gasteiger partial charge in [-0.25, -0.2) is 4.98 Å². The normalized spacial score (nSPS) is 17.0. The molecule has 3 heterocycles. The third kappa shape index (κ3) is 4.04. The first-order valence-electron chi connectivity index (χ1n) is 10.0. The number of ether oxygens (including phenoxy) is 1. The van der Waals surface area contributed by atoms with Gasteiger partial charge in [-0.1, -0.05) is 18.2 Å². The third-order valence-electron chi connectivity index (χ3n) is 5.51. The fraction of sp³-hybridized carbons (Fsp3) is 0.304. The van der Waals surface area contributed by atoms with E-state index < -0.39 is 0 Å². The molecule has 5 rings (SSSR count). The van der Waals surface area contributed by atoms with Gasteiger partial charge in [0.15, 0.2) is 0 Å². The predicted octanol–water partition coefficient (Wildman–Crippen LogP) is 3.59. The van der Waals surface area contributed by atoms with Crippen LogP contribution in [0.1, 0.15) is 16.1 Å². The van der Waals surface area contributed by atoms with Gasteiger partial charge < -0.3 is 9.64 Å². The van der Waals surface area contributed by atoms with Crippen molar-refractivity contribution in [1.82, 2.24) is 14.8 Å². The summed E-state index contributed by atoms with van der Waals surface area (Å²) in [5.74, 6) is 1.05. The summed E-state index contributed by atoms with van der Waals surface area (Å²) < 4.78 is 6.77. The van der Waals surface area contributed by atoms with Crippen LogP contribution >= 0.6 is 11.3 Å². The lowest BCUT2D eigenvalue weighted by molar-refractivity contribution is -0.127. The molecule has 29 heavy (non-hydrogen) atoms. The Morgan fingerprint density at radius 2 is 2.00 bits per heavy atom. The van der Waals surface area contributed by atoms with Gasteiger partial charge in [-0.15, -0.1) is 11.3 Å². The molecule has 2 aromatic carbocycles. The lowest BCUT2D eigenvalue weighted by atomic mass is 10.1. The smallest absolute Gasteiger partial charge is 0.246 e. The van der Waals surface area contributed by atoms with Crippen molar-refractivity contribution in [3.05, 3.63) is 64.7 Å². The van der Waals surface area contributed by atoms with Gasteiger partial charge in [-0.2, -0.15) is 0 Å². The molecule has 3 aromatic rings. The summed E-state index contributed by atoms with van der Waals surface area (Å²) in [6.07, 6.45) is 4.55. The van der Waals surface area contributed by atoms with Crippen LogP contribution in [0.5, 0.6) is 5.75 Å². The minimum atomic E-state index is 0.0846. The van der Waals surface area contributed by atoms with E-state index in [-0.39, 0.29) is 5.91 Å². The van der Waals surface area contributed by atoms with Crippen molar-refractivity contribution < 1.29 is 9.53 Å². The van der Waals surface area contributed by atoms with Gasteiger partial charge in [0.05, 0.1) is 23.4 Å². The van der Waals surface area contributed by atoms with Crippen LogP contribution in [0.3, 0.4) is 0 Å². The molecule has 0 saturated carbocycles. The monoisotopic (exact) mass is 405 g/mol. The van der Waals surface area contributed by atoms with Gasteiger partial charge in [0.2, 0.25) is 5.91 Å². The van der Waals surface area contributed by atoms with E-state index in [2.05, 4.69) is 29.2 Å². The largest absolute Gasteiger partial charge is 0.493 e. The van der Waals surface area contributed by atoms with E-state index >= 15 is 0 Å². The first kappa shape index (κ1) is 18.3. The highest BCUT2D eigenvalue weighted by atomic mass is 32.1. The summed E-state index contributed by atoms with van der Waals surface area (Å²) in [4.78, 5) is 21.6. The summed E-state index contributed by atoms with van der Waals surface area (Å²) in [5, 5.41) is 1.14. The molecule has 148 valence electrons. The third-order valence-corrected chi connectivity index (χ3v) is 6.53. The van der Waals surface area contributed by atoms with Crippen LogP contribution < -0.4 is 4.74 Å². The minimum absolute atomic E-state index is 0.0846. The molecule has 6 heteroatoms. The molecule has 0 bridgehead atoms. The number of fused-ring (bicyclic) bond motifs is 2. The highest BCUT2D eigenvalue weighted by Gasteiger charge is 2.20. The van der Waals surface area contributed by atoms with Crippen molar-refractivity contribution in [2.75, 3.05) is 32.8 Å². The van der Waals surface area contributed by atoms with Crippen molar-refractivity contribution in [2.45, 2.75) is 13.0 Å².